The van der Waals surface area contributed by atoms with Crippen LogP contribution in [0.2, 0.25) is 0 Å². The number of phenolic OH excluding ortho intramolecular Hbond substituents is 2. The van der Waals surface area contributed by atoms with Crippen molar-refractivity contribution >= 4 is 66.8 Å². The highest BCUT2D eigenvalue weighted by atomic mass is 16.3. The first kappa shape index (κ1) is 37.8. The quantitative estimate of drug-likeness (QED) is 0.0883. The molecule has 0 aromatic heterocycles. The number of aryl methyl sites for hydroxylation is 2. The normalized spacial score (nSPS) is 15.7. The lowest BCUT2D eigenvalue weighted by Gasteiger charge is -2.29. The lowest BCUT2D eigenvalue weighted by atomic mass is 9.75. The molecule has 290 valence electrons. The maximum atomic E-state index is 14.1. The van der Waals surface area contributed by atoms with Crippen molar-refractivity contribution in [2.24, 2.45) is 11.8 Å². The number of hydrogen-bond acceptors (Lipinski definition) is 8. The number of hydrogen-bond donors (Lipinski definition) is 6. The van der Waals surface area contributed by atoms with E-state index in [4.69, 9.17) is 0 Å². The van der Waals surface area contributed by atoms with E-state index in [-0.39, 0.29) is 56.7 Å². The number of aliphatic hydroxyl groups excluding tert-OH is 2. The van der Waals surface area contributed by atoms with E-state index in [1.165, 1.54) is 12.4 Å². The molecular formula is C50H44N2O6. The van der Waals surface area contributed by atoms with Gasteiger partial charge in [0.15, 0.2) is 11.5 Å². The standard InChI is InChI=1S/C50H44N2O6/c1-25(2)39-35-19-27(5)41(47(55)43(35)37(45(53)49(39)57)23-51-33-17-15-29-11-7-9-13-31(29)21-33)42-28(6)20-36-40(26(3)4)50(58)46(54)38(44(36)48(42)56)24-52-34-18-16-30-12-8-10-14-32(30)22-34/h7-26,51-52,55-58H,1-6H3/b37-23-,38-24+. The number of aliphatic hydroxyl groups is 2. The van der Waals surface area contributed by atoms with E-state index in [0.717, 1.165) is 21.5 Å². The molecule has 2 aliphatic rings. The lowest BCUT2D eigenvalue weighted by molar-refractivity contribution is -0.113. The van der Waals surface area contributed by atoms with Gasteiger partial charge in [-0.1, -0.05) is 100 Å². The second kappa shape index (κ2) is 14.5. The fraction of sp³-hybridized carbons (Fsp3) is 0.160. The van der Waals surface area contributed by atoms with Gasteiger partial charge >= 0.3 is 0 Å². The molecule has 6 aromatic carbocycles. The Kier molecular flexibility index (Phi) is 9.44. The zero-order chi connectivity index (χ0) is 41.2. The molecule has 8 rings (SSSR count). The van der Waals surface area contributed by atoms with E-state index in [1.54, 1.807) is 13.8 Å². The summed E-state index contributed by atoms with van der Waals surface area (Å²) in [7, 11) is 0. The number of allylic oxidation sites excluding steroid dienone is 4. The zero-order valence-corrected chi connectivity index (χ0v) is 33.2. The maximum absolute atomic E-state index is 14.1. The van der Waals surface area contributed by atoms with Crippen LogP contribution in [-0.4, -0.2) is 32.0 Å². The first-order valence-corrected chi connectivity index (χ1v) is 19.4. The van der Waals surface area contributed by atoms with Crippen LogP contribution in [0.25, 0.3) is 55.0 Å². The van der Waals surface area contributed by atoms with Gasteiger partial charge in [-0.15, -0.1) is 0 Å². The molecule has 8 nitrogen and oxygen atoms in total. The summed E-state index contributed by atoms with van der Waals surface area (Å²) in [5.74, 6) is -3.17. The number of nitrogens with one attached hydrogen (secondary N) is 2. The molecule has 0 saturated heterocycles. The van der Waals surface area contributed by atoms with Crippen LogP contribution in [0.3, 0.4) is 0 Å². The van der Waals surface area contributed by atoms with Crippen molar-refractivity contribution in [1.82, 2.24) is 0 Å². The predicted molar refractivity (Wildman–Crippen MR) is 235 cm³/mol. The predicted octanol–water partition coefficient (Wildman–Crippen LogP) is 11.6. The van der Waals surface area contributed by atoms with Gasteiger partial charge < -0.3 is 31.1 Å². The van der Waals surface area contributed by atoms with Crippen molar-refractivity contribution in [3.63, 3.8) is 0 Å². The van der Waals surface area contributed by atoms with Gasteiger partial charge in [0.1, 0.15) is 11.5 Å². The van der Waals surface area contributed by atoms with Crippen LogP contribution in [0.4, 0.5) is 11.4 Å². The molecule has 0 unspecified atom stereocenters. The van der Waals surface area contributed by atoms with Crippen molar-refractivity contribution in [2.75, 3.05) is 10.6 Å². The molecule has 6 N–H and O–H groups in total. The van der Waals surface area contributed by atoms with Crippen molar-refractivity contribution in [3.05, 3.63) is 154 Å². The van der Waals surface area contributed by atoms with E-state index in [1.807, 2.05) is 125 Å². The summed E-state index contributed by atoms with van der Waals surface area (Å²) in [4.78, 5) is 28.1. The molecule has 0 atom stereocenters. The van der Waals surface area contributed by atoms with Gasteiger partial charge in [0, 0.05) is 57.2 Å². The van der Waals surface area contributed by atoms with Gasteiger partial charge in [-0.05, 0) is 93.7 Å². The topological polar surface area (TPSA) is 139 Å². The van der Waals surface area contributed by atoms with Crippen LogP contribution in [0.1, 0.15) is 61.1 Å². The van der Waals surface area contributed by atoms with E-state index < -0.39 is 23.1 Å². The van der Waals surface area contributed by atoms with Crippen molar-refractivity contribution in [3.8, 4) is 22.6 Å². The Morgan fingerprint density at radius 2 is 0.845 bits per heavy atom. The van der Waals surface area contributed by atoms with Gasteiger partial charge in [-0.25, -0.2) is 0 Å². The number of phenols is 2. The van der Waals surface area contributed by atoms with Crippen LogP contribution in [0.5, 0.6) is 11.5 Å². The lowest BCUT2D eigenvalue weighted by Crippen LogP contribution is -2.20. The highest BCUT2D eigenvalue weighted by Crippen LogP contribution is 2.53. The minimum absolute atomic E-state index is 0.0456. The number of anilines is 2. The molecule has 2 aliphatic carbocycles. The first-order chi connectivity index (χ1) is 27.8. The third-order valence-electron chi connectivity index (χ3n) is 11.2. The van der Waals surface area contributed by atoms with Gasteiger partial charge in [-0.2, -0.15) is 0 Å². The van der Waals surface area contributed by atoms with E-state index in [9.17, 15) is 30.0 Å². The Morgan fingerprint density at radius 3 is 1.21 bits per heavy atom. The Hall–Kier alpha value is -7.06. The Balaban J connectivity index is 1.32. The molecule has 0 saturated carbocycles. The fourth-order valence-corrected chi connectivity index (χ4v) is 8.50. The summed E-state index contributed by atoms with van der Waals surface area (Å²) < 4.78 is 0. The van der Waals surface area contributed by atoms with Gasteiger partial charge in [-0.3, -0.25) is 9.59 Å². The van der Waals surface area contributed by atoms with E-state index in [2.05, 4.69) is 10.6 Å². The number of rotatable bonds is 7. The molecule has 0 radical (unpaired) electrons. The number of ketones is 2. The van der Waals surface area contributed by atoms with Gasteiger partial charge in [0.2, 0.25) is 11.6 Å². The second-order valence-corrected chi connectivity index (χ2v) is 15.7. The third-order valence-corrected chi connectivity index (χ3v) is 11.2. The molecule has 8 heteroatoms. The highest BCUT2D eigenvalue weighted by molar-refractivity contribution is 6.35. The SMILES string of the molecule is Cc1cc2c(c(O)c1-c1c(C)cc3c(c1O)/C(=C\Nc1ccc4ccccc4c1)C(=O)C(O)=C3C(C)C)/C(=C/Nc1ccc3ccccc3c1)C(=O)C(O)=C2C(C)C. The number of Topliss-reactive ketones (excluding diaryl/α,β-unsaturated/α-hetero) is 2. The maximum Gasteiger partial charge on any atom is 0.229 e. The van der Waals surface area contributed by atoms with E-state index in [0.29, 0.717) is 44.8 Å². The Bertz CT molecular complexity index is 2690. The number of carbonyl (C=O) groups excluding carboxylic acids is 2. The van der Waals surface area contributed by atoms with Crippen LogP contribution in [-0.2, 0) is 9.59 Å². The molecule has 0 fully saturated rings. The van der Waals surface area contributed by atoms with Gasteiger partial charge in [0.25, 0.3) is 0 Å². The minimum Gasteiger partial charge on any atom is -0.507 e. The molecule has 0 bridgehead atoms. The Morgan fingerprint density at radius 1 is 0.483 bits per heavy atom. The van der Waals surface area contributed by atoms with Crippen LogP contribution in [0, 0.1) is 25.7 Å². The average Bonchev–Trinajstić information content (AvgIpc) is 3.19. The van der Waals surface area contributed by atoms with Crippen LogP contribution in [0.15, 0.2) is 121 Å². The molecular weight excluding hydrogens is 725 g/mol. The van der Waals surface area contributed by atoms with Crippen molar-refractivity contribution < 1.29 is 30.0 Å². The fourth-order valence-electron chi connectivity index (χ4n) is 8.50. The smallest absolute Gasteiger partial charge is 0.229 e. The number of benzene rings is 6. The van der Waals surface area contributed by atoms with E-state index >= 15 is 0 Å². The highest BCUT2D eigenvalue weighted by Gasteiger charge is 2.38. The Labute approximate surface area is 336 Å². The number of fused-ring (bicyclic) bond motifs is 4. The first-order valence-electron chi connectivity index (χ1n) is 19.4. The molecule has 6 aromatic rings. The summed E-state index contributed by atoms with van der Waals surface area (Å²) in [5, 5.41) is 58.2. The summed E-state index contributed by atoms with van der Waals surface area (Å²) in [6.07, 6.45) is 2.99. The molecule has 0 heterocycles. The number of carbonyl (C=O) groups is 2. The monoisotopic (exact) mass is 768 g/mol. The molecule has 0 aliphatic heterocycles. The van der Waals surface area contributed by atoms with Crippen LogP contribution >= 0.6 is 0 Å². The molecule has 0 amide bonds. The minimum atomic E-state index is -0.654. The number of aromatic hydroxyl groups is 2. The molecule has 0 spiro atoms. The molecule has 58 heavy (non-hydrogen) atoms. The van der Waals surface area contributed by atoms with Crippen LogP contribution < -0.4 is 10.6 Å². The summed E-state index contributed by atoms with van der Waals surface area (Å²) in [6, 6.07) is 31.0. The summed E-state index contributed by atoms with van der Waals surface area (Å²) >= 11 is 0. The summed E-state index contributed by atoms with van der Waals surface area (Å²) in [5.41, 5.74) is 5.39. The second-order valence-electron chi connectivity index (χ2n) is 15.7. The van der Waals surface area contributed by atoms with Gasteiger partial charge in [0.05, 0.1) is 11.1 Å². The third kappa shape index (κ3) is 6.18. The largest absolute Gasteiger partial charge is 0.507 e. The summed E-state index contributed by atoms with van der Waals surface area (Å²) in [6.45, 7) is 11.1. The van der Waals surface area contributed by atoms with Crippen molar-refractivity contribution in [1.29, 1.82) is 0 Å². The van der Waals surface area contributed by atoms with Crippen molar-refractivity contribution in [2.45, 2.75) is 41.5 Å². The average molecular weight is 769 g/mol. The zero-order valence-electron chi connectivity index (χ0n) is 33.2.